The van der Waals surface area contributed by atoms with E-state index in [1.54, 1.807) is 13.0 Å². The SMILES string of the molecule is CCCC(C)c1cc(C)c(C(=O)NCc2csc(C)n2)c(=O)o1. The molecule has 0 saturated carbocycles. The van der Waals surface area contributed by atoms with Gasteiger partial charge in [0.1, 0.15) is 11.3 Å². The Morgan fingerprint density at radius 3 is 2.74 bits per heavy atom. The maximum Gasteiger partial charge on any atom is 0.349 e. The monoisotopic (exact) mass is 334 g/mol. The highest BCUT2D eigenvalue weighted by Gasteiger charge is 2.18. The van der Waals surface area contributed by atoms with Crippen LogP contribution in [0, 0.1) is 13.8 Å². The molecule has 1 unspecified atom stereocenters. The third kappa shape index (κ3) is 4.28. The molecule has 0 saturated heterocycles. The molecule has 0 aliphatic rings. The molecule has 0 radical (unpaired) electrons. The predicted octanol–water partition coefficient (Wildman–Crippen LogP) is 3.55. The summed E-state index contributed by atoms with van der Waals surface area (Å²) in [6.45, 7) is 8.08. The Hall–Kier alpha value is -1.95. The van der Waals surface area contributed by atoms with Gasteiger partial charge in [-0.15, -0.1) is 11.3 Å². The van der Waals surface area contributed by atoms with Gasteiger partial charge in [-0.3, -0.25) is 4.79 Å². The van der Waals surface area contributed by atoms with Gasteiger partial charge in [0.15, 0.2) is 0 Å². The van der Waals surface area contributed by atoms with E-state index >= 15 is 0 Å². The van der Waals surface area contributed by atoms with E-state index in [4.69, 9.17) is 4.42 Å². The van der Waals surface area contributed by atoms with Crippen LogP contribution in [0.1, 0.15) is 65.0 Å². The minimum absolute atomic E-state index is 0.0735. The topological polar surface area (TPSA) is 72.2 Å². The number of aromatic nitrogens is 1. The number of nitrogens with one attached hydrogen (secondary N) is 1. The molecule has 1 amide bonds. The molecule has 0 bridgehead atoms. The van der Waals surface area contributed by atoms with Gasteiger partial charge in [-0.25, -0.2) is 9.78 Å². The third-order valence-corrected chi connectivity index (χ3v) is 4.52. The maximum atomic E-state index is 12.3. The number of aryl methyl sites for hydroxylation is 2. The Kier molecular flexibility index (Phi) is 5.71. The fourth-order valence-corrected chi connectivity index (χ4v) is 3.09. The van der Waals surface area contributed by atoms with Gasteiger partial charge < -0.3 is 9.73 Å². The zero-order valence-electron chi connectivity index (χ0n) is 13.9. The number of rotatable bonds is 6. The fourth-order valence-electron chi connectivity index (χ4n) is 2.47. The lowest BCUT2D eigenvalue weighted by Gasteiger charge is -2.11. The van der Waals surface area contributed by atoms with Crippen molar-refractivity contribution >= 4 is 17.2 Å². The number of nitrogens with zero attached hydrogens (tertiary/aromatic N) is 1. The summed E-state index contributed by atoms with van der Waals surface area (Å²) in [5.74, 6) is 0.388. The van der Waals surface area contributed by atoms with Crippen molar-refractivity contribution in [2.24, 2.45) is 0 Å². The highest BCUT2D eigenvalue weighted by molar-refractivity contribution is 7.09. The Labute approximate surface area is 139 Å². The van der Waals surface area contributed by atoms with E-state index in [1.807, 2.05) is 19.2 Å². The number of hydrogen-bond acceptors (Lipinski definition) is 5. The van der Waals surface area contributed by atoms with Gasteiger partial charge in [0.2, 0.25) is 0 Å². The van der Waals surface area contributed by atoms with E-state index in [9.17, 15) is 9.59 Å². The zero-order chi connectivity index (χ0) is 17.0. The second-order valence-electron chi connectivity index (χ2n) is 5.72. The second-order valence-corrected chi connectivity index (χ2v) is 6.79. The van der Waals surface area contributed by atoms with Crippen molar-refractivity contribution in [1.29, 1.82) is 0 Å². The van der Waals surface area contributed by atoms with Gasteiger partial charge in [-0.05, 0) is 31.9 Å². The highest BCUT2D eigenvalue weighted by atomic mass is 32.1. The minimum atomic E-state index is -0.574. The number of carbonyl (C=O) groups excluding carboxylic acids is 1. The zero-order valence-corrected chi connectivity index (χ0v) is 14.8. The molecule has 0 aromatic carbocycles. The molecule has 5 nitrogen and oxygen atoms in total. The molecule has 0 spiro atoms. The first-order valence-electron chi connectivity index (χ1n) is 7.76. The highest BCUT2D eigenvalue weighted by Crippen LogP contribution is 2.21. The smallest absolute Gasteiger partial charge is 0.349 e. The molecule has 23 heavy (non-hydrogen) atoms. The minimum Gasteiger partial charge on any atom is -0.427 e. The molecule has 2 heterocycles. The normalized spacial score (nSPS) is 12.2. The van der Waals surface area contributed by atoms with E-state index in [0.29, 0.717) is 17.9 Å². The van der Waals surface area contributed by atoms with Gasteiger partial charge >= 0.3 is 5.63 Å². The first kappa shape index (κ1) is 17.4. The molecular formula is C17H22N2O3S. The molecule has 6 heteroatoms. The van der Waals surface area contributed by atoms with E-state index in [-0.39, 0.29) is 11.5 Å². The average Bonchev–Trinajstić information content (AvgIpc) is 2.90. The summed E-state index contributed by atoms with van der Waals surface area (Å²) in [6, 6.07) is 1.80. The summed E-state index contributed by atoms with van der Waals surface area (Å²) in [4.78, 5) is 28.7. The van der Waals surface area contributed by atoms with Crippen LogP contribution in [0.2, 0.25) is 0 Å². The molecule has 0 aliphatic heterocycles. The van der Waals surface area contributed by atoms with Gasteiger partial charge in [0, 0.05) is 11.3 Å². The van der Waals surface area contributed by atoms with Crippen molar-refractivity contribution in [1.82, 2.24) is 10.3 Å². The van der Waals surface area contributed by atoms with Crippen LogP contribution in [0.15, 0.2) is 20.7 Å². The summed E-state index contributed by atoms with van der Waals surface area (Å²) in [5.41, 5.74) is 0.932. The van der Waals surface area contributed by atoms with Crippen LogP contribution >= 0.6 is 11.3 Å². The Morgan fingerprint density at radius 2 is 2.17 bits per heavy atom. The van der Waals surface area contributed by atoms with Crippen molar-refractivity contribution in [3.8, 4) is 0 Å². The summed E-state index contributed by atoms with van der Waals surface area (Å²) < 4.78 is 5.35. The summed E-state index contributed by atoms with van der Waals surface area (Å²) >= 11 is 1.53. The van der Waals surface area contributed by atoms with E-state index in [0.717, 1.165) is 23.5 Å². The van der Waals surface area contributed by atoms with Crippen LogP contribution in [0.3, 0.4) is 0 Å². The molecule has 1 N–H and O–H groups in total. The number of amides is 1. The fraction of sp³-hybridized carbons (Fsp3) is 0.471. The van der Waals surface area contributed by atoms with Crippen molar-refractivity contribution in [2.45, 2.75) is 53.0 Å². The van der Waals surface area contributed by atoms with Gasteiger partial charge in [0.25, 0.3) is 5.91 Å². The summed E-state index contributed by atoms with van der Waals surface area (Å²) in [5, 5.41) is 5.56. The molecular weight excluding hydrogens is 312 g/mol. The van der Waals surface area contributed by atoms with Crippen molar-refractivity contribution in [3.05, 3.63) is 49.5 Å². The summed E-state index contributed by atoms with van der Waals surface area (Å²) in [6.07, 6.45) is 1.95. The van der Waals surface area contributed by atoms with Gasteiger partial charge in [-0.1, -0.05) is 20.3 Å². The molecule has 1 atom stereocenters. The van der Waals surface area contributed by atoms with Crippen molar-refractivity contribution in [3.63, 3.8) is 0 Å². The quantitative estimate of drug-likeness (QED) is 0.877. The van der Waals surface area contributed by atoms with Crippen molar-refractivity contribution < 1.29 is 9.21 Å². The Bertz CT molecular complexity index is 749. The first-order valence-corrected chi connectivity index (χ1v) is 8.64. The molecule has 0 fully saturated rings. The third-order valence-electron chi connectivity index (χ3n) is 3.70. The molecule has 124 valence electrons. The van der Waals surface area contributed by atoms with Crippen LogP contribution in [0.25, 0.3) is 0 Å². The molecule has 0 aliphatic carbocycles. The maximum absolute atomic E-state index is 12.3. The van der Waals surface area contributed by atoms with Gasteiger partial charge in [-0.2, -0.15) is 0 Å². The lowest BCUT2D eigenvalue weighted by molar-refractivity contribution is 0.0945. The number of carbonyl (C=O) groups is 1. The second kappa shape index (κ2) is 7.55. The van der Waals surface area contributed by atoms with E-state index in [1.165, 1.54) is 11.3 Å². The predicted molar refractivity (Wildman–Crippen MR) is 91.1 cm³/mol. The Morgan fingerprint density at radius 1 is 1.43 bits per heavy atom. The van der Waals surface area contributed by atoms with E-state index in [2.05, 4.69) is 17.2 Å². The molecule has 2 aromatic heterocycles. The lowest BCUT2D eigenvalue weighted by Crippen LogP contribution is -2.29. The van der Waals surface area contributed by atoms with Crippen LogP contribution in [0.4, 0.5) is 0 Å². The molecule has 2 rings (SSSR count). The molecule has 2 aromatic rings. The standard InChI is InChI=1S/C17H22N2O3S/c1-5-6-10(2)14-7-11(3)15(17(21)22-14)16(20)18-8-13-9-23-12(4)19-13/h7,9-10H,5-6,8H2,1-4H3,(H,18,20). The van der Waals surface area contributed by atoms with Crippen LogP contribution in [0.5, 0.6) is 0 Å². The van der Waals surface area contributed by atoms with Crippen LogP contribution in [-0.4, -0.2) is 10.9 Å². The van der Waals surface area contributed by atoms with Gasteiger partial charge in [0.05, 0.1) is 17.2 Å². The lowest BCUT2D eigenvalue weighted by atomic mass is 10.0. The first-order chi connectivity index (χ1) is 10.9. The largest absolute Gasteiger partial charge is 0.427 e. The average molecular weight is 334 g/mol. The Balaban J connectivity index is 2.15. The number of thiazole rings is 1. The van der Waals surface area contributed by atoms with Crippen LogP contribution in [-0.2, 0) is 6.54 Å². The van der Waals surface area contributed by atoms with Crippen molar-refractivity contribution in [2.75, 3.05) is 0 Å². The van der Waals surface area contributed by atoms with E-state index < -0.39 is 11.5 Å². The summed E-state index contributed by atoms with van der Waals surface area (Å²) in [7, 11) is 0. The number of hydrogen-bond donors (Lipinski definition) is 1. The van der Waals surface area contributed by atoms with Crippen LogP contribution < -0.4 is 10.9 Å².